The van der Waals surface area contributed by atoms with Crippen molar-refractivity contribution in [2.75, 3.05) is 6.61 Å². The molecular formula is C23H28N2O3. The molecule has 5 nitrogen and oxygen atoms in total. The van der Waals surface area contributed by atoms with Crippen LogP contribution in [-0.4, -0.2) is 23.2 Å². The smallest absolute Gasteiger partial charge is 0.355 e. The third-order valence-electron chi connectivity index (χ3n) is 5.43. The van der Waals surface area contributed by atoms with Gasteiger partial charge in [0.05, 0.1) is 18.3 Å². The number of hydrogen-bond donors (Lipinski definition) is 0. The molecule has 0 bridgehead atoms. The van der Waals surface area contributed by atoms with Crippen molar-refractivity contribution in [3.8, 4) is 22.9 Å². The maximum Gasteiger partial charge on any atom is 0.355 e. The van der Waals surface area contributed by atoms with Gasteiger partial charge in [0.25, 0.3) is 0 Å². The van der Waals surface area contributed by atoms with Crippen molar-refractivity contribution in [3.05, 3.63) is 41.2 Å². The van der Waals surface area contributed by atoms with E-state index in [0.29, 0.717) is 29.8 Å². The Morgan fingerprint density at radius 3 is 2.43 bits per heavy atom. The second-order valence-electron chi connectivity index (χ2n) is 7.19. The van der Waals surface area contributed by atoms with Crippen molar-refractivity contribution in [1.29, 1.82) is 5.26 Å². The van der Waals surface area contributed by atoms with Gasteiger partial charge in [-0.05, 0) is 56.7 Å². The van der Waals surface area contributed by atoms with Crippen LogP contribution in [0.15, 0.2) is 24.3 Å². The minimum Gasteiger partial charge on any atom is -0.490 e. The lowest BCUT2D eigenvalue weighted by Gasteiger charge is -2.23. The molecule has 0 atom stereocenters. The minimum absolute atomic E-state index is 0.285. The number of carbonyl (C=O) groups excluding carboxylic acids is 1. The van der Waals surface area contributed by atoms with E-state index >= 15 is 0 Å². The van der Waals surface area contributed by atoms with Gasteiger partial charge in [0, 0.05) is 18.3 Å². The summed E-state index contributed by atoms with van der Waals surface area (Å²) in [6, 6.07) is 10.0. The van der Waals surface area contributed by atoms with Crippen LogP contribution in [0.1, 0.15) is 67.7 Å². The van der Waals surface area contributed by atoms with Crippen LogP contribution in [0.2, 0.25) is 0 Å². The fourth-order valence-corrected chi connectivity index (χ4v) is 4.06. The summed E-state index contributed by atoms with van der Waals surface area (Å²) in [5, 5.41) is 9.77. The lowest BCUT2D eigenvalue weighted by molar-refractivity contribution is 0.0516. The Balaban J connectivity index is 1.97. The quantitative estimate of drug-likeness (QED) is 0.661. The molecule has 1 aliphatic carbocycles. The highest BCUT2D eigenvalue weighted by Crippen LogP contribution is 2.34. The number of aromatic nitrogens is 1. The summed E-state index contributed by atoms with van der Waals surface area (Å²) in [6.07, 6.45) is 6.89. The topological polar surface area (TPSA) is 64.2 Å². The van der Waals surface area contributed by atoms with Gasteiger partial charge in [-0.15, -0.1) is 0 Å². The standard InChI is InChI=1S/C23H28N2O3/c1-4-20-19(15-24)21(22(25(20)3)23(26)27-5-2)16-11-13-18(14-12-16)28-17-9-7-6-8-10-17/h11-14,17H,4-10H2,1-3H3. The third kappa shape index (κ3) is 3.91. The predicted molar refractivity (Wildman–Crippen MR) is 108 cm³/mol. The van der Waals surface area contributed by atoms with Crippen molar-refractivity contribution in [3.63, 3.8) is 0 Å². The van der Waals surface area contributed by atoms with Gasteiger partial charge in [0.2, 0.25) is 0 Å². The van der Waals surface area contributed by atoms with Crippen molar-refractivity contribution in [2.24, 2.45) is 7.05 Å². The van der Waals surface area contributed by atoms with Gasteiger partial charge >= 0.3 is 5.97 Å². The molecule has 0 N–H and O–H groups in total. The highest BCUT2D eigenvalue weighted by Gasteiger charge is 2.27. The Labute approximate surface area is 166 Å². The molecule has 1 saturated carbocycles. The van der Waals surface area contributed by atoms with Gasteiger partial charge in [-0.1, -0.05) is 25.5 Å². The second kappa shape index (κ2) is 8.97. The first-order valence-corrected chi connectivity index (χ1v) is 10.2. The Hall–Kier alpha value is -2.74. The highest BCUT2D eigenvalue weighted by atomic mass is 16.5. The number of esters is 1. The van der Waals surface area contributed by atoms with Crippen LogP contribution in [0.4, 0.5) is 0 Å². The van der Waals surface area contributed by atoms with Gasteiger partial charge in [-0.3, -0.25) is 0 Å². The van der Waals surface area contributed by atoms with Crippen LogP contribution in [0.25, 0.3) is 11.1 Å². The van der Waals surface area contributed by atoms with Crippen LogP contribution < -0.4 is 4.74 Å². The lowest BCUT2D eigenvalue weighted by atomic mass is 9.97. The van der Waals surface area contributed by atoms with E-state index in [9.17, 15) is 10.1 Å². The van der Waals surface area contributed by atoms with E-state index in [1.807, 2.05) is 38.2 Å². The zero-order chi connectivity index (χ0) is 20.1. The Bertz CT molecular complexity index is 869. The summed E-state index contributed by atoms with van der Waals surface area (Å²) in [4.78, 5) is 12.6. The van der Waals surface area contributed by atoms with Crippen molar-refractivity contribution in [1.82, 2.24) is 4.57 Å². The number of nitrogens with zero attached hydrogens (tertiary/aromatic N) is 2. The number of ether oxygens (including phenoxy) is 2. The molecule has 1 aliphatic rings. The molecule has 148 valence electrons. The van der Waals surface area contributed by atoms with Crippen LogP contribution in [-0.2, 0) is 18.2 Å². The summed E-state index contributed by atoms with van der Waals surface area (Å²) in [5.41, 5.74) is 3.27. The van der Waals surface area contributed by atoms with E-state index in [2.05, 4.69) is 6.07 Å². The molecule has 5 heteroatoms. The molecule has 1 heterocycles. The van der Waals surface area contributed by atoms with Crippen LogP contribution >= 0.6 is 0 Å². The van der Waals surface area contributed by atoms with Gasteiger partial charge in [-0.2, -0.15) is 5.26 Å². The summed E-state index contributed by atoms with van der Waals surface area (Å²) in [5.74, 6) is 0.428. The molecule has 1 aromatic heterocycles. The SMILES string of the molecule is CCOC(=O)c1c(-c2ccc(OC3CCCCC3)cc2)c(C#N)c(CC)n1C. The van der Waals surface area contributed by atoms with Gasteiger partial charge in [0.15, 0.2) is 0 Å². The second-order valence-corrected chi connectivity index (χ2v) is 7.19. The largest absolute Gasteiger partial charge is 0.490 e. The van der Waals surface area contributed by atoms with E-state index in [-0.39, 0.29) is 6.10 Å². The molecule has 1 aromatic carbocycles. The number of nitriles is 1. The first-order chi connectivity index (χ1) is 13.6. The van der Waals surface area contributed by atoms with Gasteiger partial charge in [0.1, 0.15) is 17.5 Å². The van der Waals surface area contributed by atoms with Crippen molar-refractivity contribution >= 4 is 5.97 Å². The molecule has 2 aromatic rings. The molecule has 3 rings (SSSR count). The Morgan fingerprint density at radius 1 is 1.18 bits per heavy atom. The zero-order valence-corrected chi connectivity index (χ0v) is 17.0. The molecule has 28 heavy (non-hydrogen) atoms. The normalized spacial score (nSPS) is 14.5. The Morgan fingerprint density at radius 2 is 1.86 bits per heavy atom. The number of rotatable bonds is 6. The fraction of sp³-hybridized carbons (Fsp3) is 0.478. The molecular weight excluding hydrogens is 352 g/mol. The van der Waals surface area contributed by atoms with E-state index in [0.717, 1.165) is 29.8 Å². The first kappa shape index (κ1) is 20.0. The maximum atomic E-state index is 12.6. The van der Waals surface area contributed by atoms with E-state index in [1.54, 1.807) is 11.5 Å². The molecule has 0 amide bonds. The lowest BCUT2D eigenvalue weighted by Crippen LogP contribution is -2.19. The molecule has 0 unspecified atom stereocenters. The minimum atomic E-state index is -0.404. The number of hydrogen-bond acceptors (Lipinski definition) is 4. The van der Waals surface area contributed by atoms with Crippen molar-refractivity contribution < 1.29 is 14.3 Å². The molecule has 0 radical (unpaired) electrons. The number of carbonyl (C=O) groups is 1. The van der Waals surface area contributed by atoms with Gasteiger partial charge < -0.3 is 14.0 Å². The monoisotopic (exact) mass is 380 g/mol. The Kier molecular flexibility index (Phi) is 6.41. The fourth-order valence-electron chi connectivity index (χ4n) is 4.06. The summed E-state index contributed by atoms with van der Waals surface area (Å²) in [6.45, 7) is 4.06. The molecule has 0 spiro atoms. The van der Waals surface area contributed by atoms with Crippen LogP contribution in [0.5, 0.6) is 5.75 Å². The average molecular weight is 380 g/mol. The van der Waals surface area contributed by atoms with Gasteiger partial charge in [-0.25, -0.2) is 4.79 Å². The summed E-state index contributed by atoms with van der Waals surface area (Å²) >= 11 is 0. The summed E-state index contributed by atoms with van der Waals surface area (Å²) in [7, 11) is 1.82. The highest BCUT2D eigenvalue weighted by molar-refractivity contribution is 5.98. The molecule has 0 saturated heterocycles. The molecule has 0 aliphatic heterocycles. The van der Waals surface area contributed by atoms with E-state index in [1.165, 1.54) is 19.3 Å². The maximum absolute atomic E-state index is 12.6. The summed E-state index contributed by atoms with van der Waals surface area (Å²) < 4.78 is 13.2. The third-order valence-corrected chi connectivity index (χ3v) is 5.43. The van der Waals surface area contributed by atoms with E-state index < -0.39 is 5.97 Å². The predicted octanol–water partition coefficient (Wildman–Crippen LogP) is 5.01. The van der Waals surface area contributed by atoms with Crippen LogP contribution in [0, 0.1) is 11.3 Å². The van der Waals surface area contributed by atoms with Crippen LogP contribution in [0.3, 0.4) is 0 Å². The number of benzene rings is 1. The zero-order valence-electron chi connectivity index (χ0n) is 17.0. The van der Waals surface area contributed by atoms with Crippen molar-refractivity contribution in [2.45, 2.75) is 58.5 Å². The average Bonchev–Trinajstić information content (AvgIpc) is 3.01. The van der Waals surface area contributed by atoms with E-state index in [4.69, 9.17) is 9.47 Å². The first-order valence-electron chi connectivity index (χ1n) is 10.2. The molecule has 1 fully saturated rings.